The van der Waals surface area contributed by atoms with Gasteiger partial charge in [0.2, 0.25) is 0 Å². The quantitative estimate of drug-likeness (QED) is 0.750. The lowest BCUT2D eigenvalue weighted by Crippen LogP contribution is -2.46. The largest absolute Gasteiger partial charge is 0.461 e. The van der Waals surface area contributed by atoms with Crippen LogP contribution in [0, 0.1) is 0 Å². The Morgan fingerprint density at radius 1 is 1.42 bits per heavy atom. The van der Waals surface area contributed by atoms with Gasteiger partial charge in [0, 0.05) is 32.2 Å². The van der Waals surface area contributed by atoms with E-state index in [-0.39, 0.29) is 11.6 Å². The van der Waals surface area contributed by atoms with Crippen molar-refractivity contribution in [2.75, 3.05) is 32.8 Å². The zero-order valence-corrected chi connectivity index (χ0v) is 10.9. The van der Waals surface area contributed by atoms with Crippen LogP contribution in [0.15, 0.2) is 6.07 Å². The Kier molecular flexibility index (Phi) is 4.51. The Labute approximate surface area is 111 Å². The van der Waals surface area contributed by atoms with Gasteiger partial charge in [0.05, 0.1) is 6.61 Å². The summed E-state index contributed by atoms with van der Waals surface area (Å²) in [4.78, 5) is 25.4. The number of amides is 1. The minimum absolute atomic E-state index is 0.136. The van der Waals surface area contributed by atoms with Crippen molar-refractivity contribution < 1.29 is 14.3 Å². The van der Waals surface area contributed by atoms with Crippen molar-refractivity contribution >= 4 is 11.9 Å². The fourth-order valence-corrected chi connectivity index (χ4v) is 1.84. The van der Waals surface area contributed by atoms with Gasteiger partial charge in [-0.15, -0.1) is 0 Å². The van der Waals surface area contributed by atoms with Crippen molar-refractivity contribution in [3.8, 4) is 0 Å². The van der Waals surface area contributed by atoms with Crippen LogP contribution >= 0.6 is 0 Å². The summed E-state index contributed by atoms with van der Waals surface area (Å²) >= 11 is 0. The fraction of sp³-hybridized carbons (Fsp3) is 0.583. The highest BCUT2D eigenvalue weighted by molar-refractivity contribution is 5.95. The number of piperazine rings is 1. The second-order valence-corrected chi connectivity index (χ2v) is 4.34. The monoisotopic (exact) mass is 266 g/mol. The fourth-order valence-electron chi connectivity index (χ4n) is 1.84. The zero-order valence-electron chi connectivity index (χ0n) is 10.9. The molecule has 0 saturated carbocycles. The van der Waals surface area contributed by atoms with Crippen LogP contribution in [0.2, 0.25) is 0 Å². The molecule has 7 nitrogen and oxygen atoms in total. The third kappa shape index (κ3) is 3.31. The molecule has 0 bridgehead atoms. The number of carbonyl (C=O) groups is 2. The summed E-state index contributed by atoms with van der Waals surface area (Å²) in [5, 5.41) is 9.59. The van der Waals surface area contributed by atoms with Crippen LogP contribution in [-0.2, 0) is 4.74 Å². The molecule has 1 amide bonds. The molecule has 1 aliphatic heterocycles. The Bertz CT molecular complexity index is 452. The first kappa shape index (κ1) is 13.5. The number of H-pyrrole nitrogens is 1. The molecule has 1 aliphatic rings. The molecule has 0 radical (unpaired) electrons. The van der Waals surface area contributed by atoms with Crippen molar-refractivity contribution in [2.45, 2.75) is 13.3 Å². The number of aromatic amines is 1. The van der Waals surface area contributed by atoms with Gasteiger partial charge < -0.3 is 15.0 Å². The minimum Gasteiger partial charge on any atom is -0.461 e. The second-order valence-electron chi connectivity index (χ2n) is 4.34. The maximum Gasteiger partial charge on any atom is 0.358 e. The van der Waals surface area contributed by atoms with Crippen molar-refractivity contribution in [1.29, 1.82) is 0 Å². The molecular weight excluding hydrogens is 248 g/mol. The van der Waals surface area contributed by atoms with Gasteiger partial charge in [-0.2, -0.15) is 5.10 Å². The predicted octanol–water partition coefficient (Wildman–Crippen LogP) is 0.0219. The summed E-state index contributed by atoms with van der Waals surface area (Å²) in [6.45, 7) is 5.15. The number of rotatable bonds is 4. The summed E-state index contributed by atoms with van der Waals surface area (Å²) in [5.74, 6) is -0.638. The average Bonchev–Trinajstić information content (AvgIpc) is 2.94. The van der Waals surface area contributed by atoms with Crippen molar-refractivity contribution in [2.24, 2.45) is 0 Å². The van der Waals surface area contributed by atoms with E-state index in [9.17, 15) is 9.59 Å². The first-order chi connectivity index (χ1) is 9.22. The maximum absolute atomic E-state index is 12.1. The third-order valence-electron chi connectivity index (χ3n) is 2.86. The van der Waals surface area contributed by atoms with Gasteiger partial charge in [0.1, 0.15) is 5.69 Å². The van der Waals surface area contributed by atoms with E-state index < -0.39 is 5.97 Å². The smallest absolute Gasteiger partial charge is 0.358 e. The molecule has 1 aromatic heterocycles. The summed E-state index contributed by atoms with van der Waals surface area (Å²) < 4.78 is 4.96. The number of esters is 1. The Hall–Kier alpha value is -1.89. The molecule has 0 atom stereocenters. The molecule has 1 saturated heterocycles. The number of nitrogens with zero attached hydrogens (tertiary/aromatic N) is 2. The van der Waals surface area contributed by atoms with Crippen LogP contribution in [0.3, 0.4) is 0 Å². The lowest BCUT2D eigenvalue weighted by atomic mass is 10.3. The lowest BCUT2D eigenvalue weighted by molar-refractivity contribution is 0.0498. The Balaban J connectivity index is 1.99. The number of hydrogen-bond acceptors (Lipinski definition) is 5. The highest BCUT2D eigenvalue weighted by Crippen LogP contribution is 2.06. The van der Waals surface area contributed by atoms with Crippen LogP contribution in [0.1, 0.15) is 34.3 Å². The molecule has 0 aliphatic carbocycles. The highest BCUT2D eigenvalue weighted by atomic mass is 16.5. The van der Waals surface area contributed by atoms with Crippen LogP contribution < -0.4 is 5.32 Å². The topological polar surface area (TPSA) is 87.3 Å². The first-order valence-corrected chi connectivity index (χ1v) is 6.45. The predicted molar refractivity (Wildman–Crippen MR) is 67.9 cm³/mol. The van der Waals surface area contributed by atoms with Gasteiger partial charge in [0.25, 0.3) is 5.91 Å². The van der Waals surface area contributed by atoms with Crippen molar-refractivity contribution in [3.05, 3.63) is 17.5 Å². The zero-order chi connectivity index (χ0) is 13.7. The van der Waals surface area contributed by atoms with E-state index in [1.807, 2.05) is 6.92 Å². The number of ether oxygens (including phenoxy) is 1. The Morgan fingerprint density at radius 2 is 2.16 bits per heavy atom. The maximum atomic E-state index is 12.1. The molecule has 2 rings (SSSR count). The molecule has 2 heterocycles. The average molecular weight is 266 g/mol. The molecule has 0 spiro atoms. The Morgan fingerprint density at radius 3 is 2.84 bits per heavy atom. The van der Waals surface area contributed by atoms with E-state index in [0.717, 1.165) is 19.5 Å². The molecule has 19 heavy (non-hydrogen) atoms. The SMILES string of the molecule is CCCOC(=O)c1cc(C(=O)N2CCNCC2)[nH]n1. The van der Waals surface area contributed by atoms with Gasteiger partial charge in [0.15, 0.2) is 5.69 Å². The normalized spacial score (nSPS) is 15.3. The van der Waals surface area contributed by atoms with E-state index in [4.69, 9.17) is 4.74 Å². The third-order valence-corrected chi connectivity index (χ3v) is 2.86. The van der Waals surface area contributed by atoms with Gasteiger partial charge >= 0.3 is 5.97 Å². The standard InChI is InChI=1S/C12H18N4O3/c1-2-7-19-12(18)10-8-9(14-15-10)11(17)16-5-3-13-4-6-16/h8,13H,2-7H2,1H3,(H,14,15). The molecule has 0 unspecified atom stereocenters. The van der Waals surface area contributed by atoms with E-state index in [0.29, 0.717) is 25.4 Å². The summed E-state index contributed by atoms with van der Waals surface area (Å²) in [6, 6.07) is 1.45. The van der Waals surface area contributed by atoms with E-state index in [1.54, 1.807) is 4.90 Å². The molecule has 1 fully saturated rings. The van der Waals surface area contributed by atoms with Gasteiger partial charge in [-0.1, -0.05) is 6.92 Å². The van der Waals surface area contributed by atoms with E-state index in [1.165, 1.54) is 6.07 Å². The van der Waals surface area contributed by atoms with Crippen LogP contribution in [0.4, 0.5) is 0 Å². The molecule has 7 heteroatoms. The highest BCUT2D eigenvalue weighted by Gasteiger charge is 2.21. The first-order valence-electron chi connectivity index (χ1n) is 6.45. The molecule has 104 valence electrons. The second kappa shape index (κ2) is 6.33. The molecule has 1 aromatic rings. The molecular formula is C12H18N4O3. The van der Waals surface area contributed by atoms with Crippen molar-refractivity contribution in [3.63, 3.8) is 0 Å². The van der Waals surface area contributed by atoms with Crippen LogP contribution in [0.5, 0.6) is 0 Å². The van der Waals surface area contributed by atoms with Gasteiger partial charge in [-0.25, -0.2) is 4.79 Å². The minimum atomic E-state index is -0.502. The summed E-state index contributed by atoms with van der Waals surface area (Å²) in [6.07, 6.45) is 0.753. The summed E-state index contributed by atoms with van der Waals surface area (Å²) in [7, 11) is 0. The summed E-state index contributed by atoms with van der Waals surface area (Å²) in [5.41, 5.74) is 0.470. The number of aromatic nitrogens is 2. The molecule has 0 aromatic carbocycles. The number of nitrogens with one attached hydrogen (secondary N) is 2. The van der Waals surface area contributed by atoms with Gasteiger partial charge in [-0.3, -0.25) is 9.89 Å². The van der Waals surface area contributed by atoms with Crippen molar-refractivity contribution in [1.82, 2.24) is 20.4 Å². The van der Waals surface area contributed by atoms with Crippen LogP contribution in [-0.4, -0.2) is 59.8 Å². The lowest BCUT2D eigenvalue weighted by Gasteiger charge is -2.26. The number of carbonyl (C=O) groups excluding carboxylic acids is 2. The van der Waals surface area contributed by atoms with Crippen LogP contribution in [0.25, 0.3) is 0 Å². The van der Waals surface area contributed by atoms with Gasteiger partial charge in [-0.05, 0) is 6.42 Å². The molecule has 2 N–H and O–H groups in total. The number of hydrogen-bond donors (Lipinski definition) is 2. The van der Waals surface area contributed by atoms with E-state index in [2.05, 4.69) is 15.5 Å². The van der Waals surface area contributed by atoms with E-state index >= 15 is 0 Å².